The molecule has 0 aliphatic rings. The van der Waals surface area contributed by atoms with Gasteiger partial charge in [0.25, 0.3) is 0 Å². The van der Waals surface area contributed by atoms with Crippen LogP contribution in [-0.4, -0.2) is 42.7 Å². The van der Waals surface area contributed by atoms with E-state index in [1.54, 1.807) is 6.92 Å². The second kappa shape index (κ2) is 11.5. The summed E-state index contributed by atoms with van der Waals surface area (Å²) in [5.74, 6) is -6.50. The van der Waals surface area contributed by atoms with Crippen LogP contribution in [0.3, 0.4) is 0 Å². The highest BCUT2D eigenvalue weighted by molar-refractivity contribution is 5.92. The number of alkyl halides is 3. The average Bonchev–Trinajstić information content (AvgIpc) is 2.72. The van der Waals surface area contributed by atoms with Crippen LogP contribution in [0.5, 0.6) is 5.75 Å². The van der Waals surface area contributed by atoms with Crippen molar-refractivity contribution in [3.63, 3.8) is 0 Å². The summed E-state index contributed by atoms with van der Waals surface area (Å²) in [6.07, 6.45) is -4.35. The van der Waals surface area contributed by atoms with Crippen molar-refractivity contribution in [1.82, 2.24) is 10.2 Å². The van der Waals surface area contributed by atoms with E-state index in [4.69, 9.17) is 0 Å². The van der Waals surface area contributed by atoms with Crippen molar-refractivity contribution in [2.45, 2.75) is 26.3 Å². The summed E-state index contributed by atoms with van der Waals surface area (Å²) < 4.78 is 81.5. The van der Waals surface area contributed by atoms with E-state index in [0.29, 0.717) is 12.5 Å². The van der Waals surface area contributed by atoms with E-state index in [0.717, 1.165) is 12.1 Å². The van der Waals surface area contributed by atoms with Crippen LogP contribution in [0.15, 0.2) is 36.4 Å². The molecule has 2 aromatic carbocycles. The number of nitrogens with zero attached hydrogens (tertiary/aromatic N) is 1. The number of carbonyl (C=O) groups is 2. The van der Waals surface area contributed by atoms with Crippen molar-refractivity contribution in [1.29, 1.82) is 0 Å². The van der Waals surface area contributed by atoms with E-state index >= 15 is 0 Å². The Balaban J connectivity index is 1.95. The van der Waals surface area contributed by atoms with Crippen molar-refractivity contribution in [3.8, 4) is 5.75 Å². The molecule has 0 bridgehead atoms. The maximum atomic E-state index is 13.7. The number of rotatable bonds is 10. The maximum Gasteiger partial charge on any atom is 0.573 e. The van der Waals surface area contributed by atoms with Crippen molar-refractivity contribution < 1.29 is 40.7 Å². The second-order valence-electron chi connectivity index (χ2n) is 6.91. The minimum Gasteiger partial charge on any atom is -0.405 e. The monoisotopic (exact) mass is 477 g/mol. The Kier molecular flexibility index (Phi) is 9.09. The van der Waals surface area contributed by atoms with Gasteiger partial charge in [-0.05, 0) is 31.2 Å². The summed E-state index contributed by atoms with van der Waals surface area (Å²) in [5, 5.41) is 4.56. The molecule has 0 aliphatic heterocycles. The summed E-state index contributed by atoms with van der Waals surface area (Å²) in [5.41, 5.74) is -0.460. The third-order valence-electron chi connectivity index (χ3n) is 4.26. The largest absolute Gasteiger partial charge is 0.573 e. The Hall–Kier alpha value is -3.28. The Labute approximate surface area is 185 Å². The fourth-order valence-electron chi connectivity index (χ4n) is 2.87. The molecule has 0 aliphatic carbocycles. The van der Waals surface area contributed by atoms with E-state index in [1.165, 1.54) is 23.1 Å². The van der Waals surface area contributed by atoms with Gasteiger partial charge in [-0.1, -0.05) is 25.1 Å². The van der Waals surface area contributed by atoms with Crippen LogP contribution in [0.2, 0.25) is 0 Å². The zero-order valence-corrected chi connectivity index (χ0v) is 17.4. The number of amides is 2. The van der Waals surface area contributed by atoms with Gasteiger partial charge in [-0.15, -0.1) is 13.2 Å². The van der Waals surface area contributed by atoms with Gasteiger partial charge in [0.2, 0.25) is 11.8 Å². The molecule has 0 aromatic heterocycles. The van der Waals surface area contributed by atoms with Gasteiger partial charge in [0, 0.05) is 12.1 Å². The molecular weight excluding hydrogens is 456 g/mol. The molecule has 2 N–H and O–H groups in total. The standard InChI is InChI=1S/C21H21F6N3O3/c1-2-9-30(12-18(32)29-15-8-7-14(22)19(23)20(15)24)11-17(31)28-10-13-5-3-4-6-16(13)33-21(25,26)27/h3-8H,2,9-12H2,1H3,(H,28,31)(H,29,32). The first-order valence-electron chi connectivity index (χ1n) is 9.76. The van der Waals surface area contributed by atoms with E-state index in [9.17, 15) is 35.9 Å². The first-order valence-corrected chi connectivity index (χ1v) is 9.76. The lowest BCUT2D eigenvalue weighted by atomic mass is 10.2. The highest BCUT2D eigenvalue weighted by atomic mass is 19.4. The first-order chi connectivity index (χ1) is 15.5. The number of hydrogen-bond donors (Lipinski definition) is 2. The minimum absolute atomic E-state index is 0.0942. The zero-order chi connectivity index (χ0) is 24.6. The van der Waals surface area contributed by atoms with Crippen LogP contribution in [0.25, 0.3) is 0 Å². The quantitative estimate of drug-likeness (QED) is 0.402. The lowest BCUT2D eigenvalue weighted by Gasteiger charge is -2.21. The fraction of sp³-hybridized carbons (Fsp3) is 0.333. The average molecular weight is 477 g/mol. The van der Waals surface area contributed by atoms with Gasteiger partial charge in [-0.3, -0.25) is 14.5 Å². The molecule has 0 saturated heterocycles. The van der Waals surface area contributed by atoms with Crippen molar-refractivity contribution in [2.75, 3.05) is 25.0 Å². The third kappa shape index (κ3) is 8.29. The van der Waals surface area contributed by atoms with Crippen LogP contribution < -0.4 is 15.4 Å². The molecule has 0 heterocycles. The lowest BCUT2D eigenvalue weighted by Crippen LogP contribution is -2.41. The summed E-state index contributed by atoms with van der Waals surface area (Å²) in [6.45, 7) is 1.16. The molecule has 2 rings (SSSR count). The Bertz CT molecular complexity index is 984. The summed E-state index contributed by atoms with van der Waals surface area (Å²) in [7, 11) is 0. The molecule has 0 radical (unpaired) electrons. The number of halogens is 6. The molecule has 2 amide bonds. The zero-order valence-electron chi connectivity index (χ0n) is 17.4. The van der Waals surface area contributed by atoms with Gasteiger partial charge < -0.3 is 15.4 Å². The van der Waals surface area contributed by atoms with Crippen LogP contribution >= 0.6 is 0 Å². The Morgan fingerprint density at radius 1 is 0.970 bits per heavy atom. The van der Waals surface area contributed by atoms with E-state index < -0.39 is 47.1 Å². The molecule has 33 heavy (non-hydrogen) atoms. The minimum atomic E-state index is -4.89. The topological polar surface area (TPSA) is 70.7 Å². The molecule has 6 nitrogen and oxygen atoms in total. The SMILES string of the molecule is CCCN(CC(=O)NCc1ccccc1OC(F)(F)F)CC(=O)Nc1ccc(F)c(F)c1F. The van der Waals surface area contributed by atoms with Gasteiger partial charge in [0.05, 0.1) is 18.8 Å². The van der Waals surface area contributed by atoms with Gasteiger partial charge in [-0.2, -0.15) is 0 Å². The van der Waals surface area contributed by atoms with Gasteiger partial charge in [-0.25, -0.2) is 13.2 Å². The molecule has 0 saturated carbocycles. The Morgan fingerprint density at radius 2 is 1.64 bits per heavy atom. The highest BCUT2D eigenvalue weighted by Crippen LogP contribution is 2.26. The third-order valence-corrected chi connectivity index (χ3v) is 4.26. The highest BCUT2D eigenvalue weighted by Gasteiger charge is 2.32. The molecule has 12 heteroatoms. The van der Waals surface area contributed by atoms with E-state index in [2.05, 4.69) is 15.4 Å². The predicted octanol–water partition coefficient (Wildman–Crippen LogP) is 3.97. The molecular formula is C21H21F6N3O3. The molecule has 180 valence electrons. The first kappa shape index (κ1) is 26.0. The Morgan fingerprint density at radius 3 is 2.30 bits per heavy atom. The summed E-state index contributed by atoms with van der Waals surface area (Å²) >= 11 is 0. The van der Waals surface area contributed by atoms with Crippen LogP contribution in [0.4, 0.5) is 32.0 Å². The fourth-order valence-corrected chi connectivity index (χ4v) is 2.87. The molecule has 0 unspecified atom stereocenters. The van der Waals surface area contributed by atoms with Gasteiger partial charge in [0.1, 0.15) is 5.75 Å². The van der Waals surface area contributed by atoms with Gasteiger partial charge >= 0.3 is 6.36 Å². The number of nitrogens with one attached hydrogen (secondary N) is 2. The van der Waals surface area contributed by atoms with Crippen LogP contribution in [0.1, 0.15) is 18.9 Å². The number of ether oxygens (including phenoxy) is 1. The van der Waals surface area contributed by atoms with Crippen molar-refractivity contribution in [3.05, 3.63) is 59.4 Å². The second-order valence-corrected chi connectivity index (χ2v) is 6.91. The summed E-state index contributed by atoms with van der Waals surface area (Å²) in [4.78, 5) is 25.9. The normalized spacial score (nSPS) is 11.4. The number of anilines is 1. The summed E-state index contributed by atoms with van der Waals surface area (Å²) in [6, 6.07) is 6.82. The van der Waals surface area contributed by atoms with Gasteiger partial charge in [0.15, 0.2) is 17.5 Å². The molecule has 2 aromatic rings. The van der Waals surface area contributed by atoms with Crippen LogP contribution in [-0.2, 0) is 16.1 Å². The maximum absolute atomic E-state index is 13.7. The number of carbonyl (C=O) groups excluding carboxylic acids is 2. The van der Waals surface area contributed by atoms with E-state index in [1.807, 2.05) is 0 Å². The van der Waals surface area contributed by atoms with Crippen LogP contribution in [0, 0.1) is 17.5 Å². The number of para-hydroxylation sites is 1. The number of hydrogen-bond acceptors (Lipinski definition) is 4. The smallest absolute Gasteiger partial charge is 0.405 e. The predicted molar refractivity (Wildman–Crippen MR) is 107 cm³/mol. The lowest BCUT2D eigenvalue weighted by molar-refractivity contribution is -0.274. The van der Waals surface area contributed by atoms with E-state index in [-0.39, 0.29) is 31.7 Å². The number of benzene rings is 2. The van der Waals surface area contributed by atoms with Crippen molar-refractivity contribution in [2.24, 2.45) is 0 Å². The molecule has 0 fully saturated rings. The van der Waals surface area contributed by atoms with Crippen molar-refractivity contribution >= 4 is 17.5 Å². The molecule has 0 spiro atoms. The molecule has 0 atom stereocenters.